The number of hydrogen-bond donors (Lipinski definition) is 2. The van der Waals surface area contributed by atoms with Gasteiger partial charge in [0.15, 0.2) is 0 Å². The SMILES string of the molecule is CC(=O)N1CC(C)(C)c2cc(NC(=O)Nc3ccc(-c4ccc(CN5CCOCC5)nc4)c4ccccc34)ccc21. The van der Waals surface area contributed by atoms with E-state index in [9.17, 15) is 9.59 Å². The molecule has 2 aliphatic heterocycles. The number of pyridine rings is 1. The normalized spacial score (nSPS) is 16.4. The van der Waals surface area contributed by atoms with Crippen LogP contribution in [0.5, 0.6) is 0 Å². The number of nitrogens with one attached hydrogen (secondary N) is 2. The summed E-state index contributed by atoms with van der Waals surface area (Å²) in [5.74, 6) is 0.0188. The number of ether oxygens (including phenoxy) is 1. The van der Waals surface area contributed by atoms with E-state index in [1.807, 2.05) is 54.7 Å². The van der Waals surface area contributed by atoms with E-state index in [4.69, 9.17) is 9.72 Å². The molecule has 6 rings (SSSR count). The quantitative estimate of drug-likeness (QED) is 0.318. The predicted molar refractivity (Wildman–Crippen MR) is 163 cm³/mol. The largest absolute Gasteiger partial charge is 0.379 e. The molecular formula is C33H35N5O3. The van der Waals surface area contributed by atoms with Gasteiger partial charge in [-0.05, 0) is 46.8 Å². The molecule has 3 heterocycles. The van der Waals surface area contributed by atoms with Crippen LogP contribution in [0.1, 0.15) is 32.0 Å². The third-order valence-electron chi connectivity index (χ3n) is 8.01. The molecule has 0 atom stereocenters. The summed E-state index contributed by atoms with van der Waals surface area (Å²) in [5, 5.41) is 8.00. The Kier molecular flexibility index (Phi) is 7.19. The van der Waals surface area contributed by atoms with Crippen LogP contribution in [0.2, 0.25) is 0 Å². The molecule has 1 aromatic heterocycles. The molecule has 2 N–H and O–H groups in total. The van der Waals surface area contributed by atoms with E-state index in [-0.39, 0.29) is 17.4 Å². The summed E-state index contributed by atoms with van der Waals surface area (Å²) in [7, 11) is 0. The van der Waals surface area contributed by atoms with Gasteiger partial charge in [-0.2, -0.15) is 0 Å². The zero-order chi connectivity index (χ0) is 28.6. The number of anilines is 3. The van der Waals surface area contributed by atoms with Crippen LogP contribution in [0.4, 0.5) is 21.9 Å². The van der Waals surface area contributed by atoms with Crippen molar-refractivity contribution in [3.8, 4) is 11.1 Å². The standard InChI is InChI=1S/C33H35N5O3/c1-22(39)38-21-33(2,3)29-18-24(10-13-31(29)38)35-32(40)36-30-12-11-26(27-6-4-5-7-28(27)30)23-8-9-25(34-19-23)20-37-14-16-41-17-15-37/h4-13,18-19H,14-17,20-21H2,1-3H3,(H2,35,36,40). The maximum Gasteiger partial charge on any atom is 0.323 e. The Morgan fingerprint density at radius 2 is 1.73 bits per heavy atom. The molecule has 41 heavy (non-hydrogen) atoms. The number of carbonyl (C=O) groups excluding carboxylic acids is 2. The van der Waals surface area contributed by atoms with Gasteiger partial charge in [0.05, 0.1) is 24.6 Å². The van der Waals surface area contributed by atoms with E-state index in [0.717, 1.165) is 77.4 Å². The Bertz CT molecular complexity index is 1610. The molecule has 2 aliphatic rings. The van der Waals surface area contributed by atoms with E-state index in [0.29, 0.717) is 12.2 Å². The molecule has 1 fully saturated rings. The van der Waals surface area contributed by atoms with E-state index in [2.05, 4.69) is 47.6 Å². The van der Waals surface area contributed by atoms with Gasteiger partial charge >= 0.3 is 6.03 Å². The van der Waals surface area contributed by atoms with Gasteiger partial charge < -0.3 is 20.3 Å². The molecule has 1 saturated heterocycles. The molecule has 0 unspecified atom stereocenters. The Labute approximate surface area is 240 Å². The van der Waals surface area contributed by atoms with Gasteiger partial charge in [0.1, 0.15) is 0 Å². The van der Waals surface area contributed by atoms with Crippen LogP contribution >= 0.6 is 0 Å². The summed E-state index contributed by atoms with van der Waals surface area (Å²) >= 11 is 0. The monoisotopic (exact) mass is 549 g/mol. The summed E-state index contributed by atoms with van der Waals surface area (Å²) in [4.78, 5) is 34.1. The van der Waals surface area contributed by atoms with Crippen LogP contribution in [-0.2, 0) is 21.5 Å². The lowest BCUT2D eigenvalue weighted by Crippen LogP contribution is -2.35. The van der Waals surface area contributed by atoms with Gasteiger partial charge in [0, 0.05) is 67.0 Å². The highest BCUT2D eigenvalue weighted by atomic mass is 16.5. The van der Waals surface area contributed by atoms with Crippen molar-refractivity contribution in [2.24, 2.45) is 0 Å². The minimum Gasteiger partial charge on any atom is -0.379 e. The third-order valence-corrected chi connectivity index (χ3v) is 8.01. The fraction of sp³-hybridized carbons (Fsp3) is 0.303. The number of rotatable bonds is 5. The van der Waals surface area contributed by atoms with Crippen molar-refractivity contribution in [1.29, 1.82) is 0 Å². The summed E-state index contributed by atoms with van der Waals surface area (Å²) in [6.45, 7) is 10.6. The van der Waals surface area contributed by atoms with E-state index < -0.39 is 0 Å². The van der Waals surface area contributed by atoms with Gasteiger partial charge in [0.25, 0.3) is 0 Å². The first-order valence-electron chi connectivity index (χ1n) is 14.1. The molecule has 8 heteroatoms. The average Bonchev–Trinajstić information content (AvgIpc) is 3.24. The van der Waals surface area contributed by atoms with Gasteiger partial charge in [-0.1, -0.05) is 50.2 Å². The number of amides is 3. The van der Waals surface area contributed by atoms with Crippen molar-refractivity contribution in [1.82, 2.24) is 9.88 Å². The molecule has 3 aromatic carbocycles. The van der Waals surface area contributed by atoms with Crippen LogP contribution in [0.3, 0.4) is 0 Å². The lowest BCUT2D eigenvalue weighted by molar-refractivity contribution is -0.116. The second-order valence-corrected chi connectivity index (χ2v) is 11.4. The smallest absolute Gasteiger partial charge is 0.323 e. The molecule has 0 bridgehead atoms. The Balaban J connectivity index is 1.20. The van der Waals surface area contributed by atoms with Gasteiger partial charge in [-0.25, -0.2) is 4.79 Å². The molecular weight excluding hydrogens is 514 g/mol. The van der Waals surface area contributed by atoms with Crippen LogP contribution < -0.4 is 15.5 Å². The molecule has 0 radical (unpaired) electrons. The lowest BCUT2D eigenvalue weighted by atomic mass is 9.87. The first-order valence-corrected chi connectivity index (χ1v) is 14.1. The number of hydrogen-bond acceptors (Lipinski definition) is 5. The topological polar surface area (TPSA) is 86.8 Å². The van der Waals surface area contributed by atoms with E-state index >= 15 is 0 Å². The van der Waals surface area contributed by atoms with Crippen molar-refractivity contribution in [2.75, 3.05) is 48.4 Å². The number of morpholine rings is 1. The zero-order valence-corrected chi connectivity index (χ0v) is 23.7. The van der Waals surface area contributed by atoms with Gasteiger partial charge in [-0.3, -0.25) is 14.7 Å². The number of carbonyl (C=O) groups is 2. The van der Waals surface area contributed by atoms with Gasteiger partial charge in [-0.15, -0.1) is 0 Å². The van der Waals surface area contributed by atoms with Crippen molar-refractivity contribution in [2.45, 2.75) is 32.7 Å². The van der Waals surface area contributed by atoms with Crippen LogP contribution in [0.15, 0.2) is 72.9 Å². The van der Waals surface area contributed by atoms with E-state index in [1.54, 1.807) is 11.8 Å². The molecule has 0 spiro atoms. The maximum absolute atomic E-state index is 13.1. The molecule has 3 amide bonds. The minimum absolute atomic E-state index is 0.0188. The fourth-order valence-electron chi connectivity index (χ4n) is 5.85. The van der Waals surface area contributed by atoms with Crippen molar-refractivity contribution < 1.29 is 14.3 Å². The highest BCUT2D eigenvalue weighted by Gasteiger charge is 2.37. The molecule has 8 nitrogen and oxygen atoms in total. The number of urea groups is 1. The van der Waals surface area contributed by atoms with Crippen LogP contribution in [0.25, 0.3) is 21.9 Å². The lowest BCUT2D eigenvalue weighted by Gasteiger charge is -2.26. The zero-order valence-electron chi connectivity index (χ0n) is 23.7. The third kappa shape index (κ3) is 5.53. The number of benzene rings is 3. The Morgan fingerprint density at radius 1 is 0.951 bits per heavy atom. The highest BCUT2D eigenvalue weighted by Crippen LogP contribution is 2.42. The number of aromatic nitrogens is 1. The second-order valence-electron chi connectivity index (χ2n) is 11.4. The highest BCUT2D eigenvalue weighted by molar-refractivity contribution is 6.10. The van der Waals surface area contributed by atoms with Crippen molar-refractivity contribution in [3.63, 3.8) is 0 Å². The van der Waals surface area contributed by atoms with Crippen LogP contribution in [-0.4, -0.2) is 54.7 Å². The number of fused-ring (bicyclic) bond motifs is 2. The van der Waals surface area contributed by atoms with Crippen molar-refractivity contribution >= 4 is 39.8 Å². The minimum atomic E-state index is -0.323. The second kappa shape index (κ2) is 11.0. The Hall–Kier alpha value is -4.27. The average molecular weight is 550 g/mol. The predicted octanol–water partition coefficient (Wildman–Crippen LogP) is 6.02. The van der Waals surface area contributed by atoms with Gasteiger partial charge in [0.2, 0.25) is 5.91 Å². The first-order chi connectivity index (χ1) is 19.8. The van der Waals surface area contributed by atoms with E-state index in [1.165, 1.54) is 0 Å². The first kappa shape index (κ1) is 26.9. The summed E-state index contributed by atoms with van der Waals surface area (Å²) in [6.07, 6.45) is 1.93. The summed E-state index contributed by atoms with van der Waals surface area (Å²) < 4.78 is 5.45. The fourth-order valence-corrected chi connectivity index (χ4v) is 5.85. The van der Waals surface area contributed by atoms with Crippen LogP contribution in [0, 0.1) is 0 Å². The molecule has 4 aromatic rings. The molecule has 210 valence electrons. The summed E-state index contributed by atoms with van der Waals surface area (Å²) in [6, 6.07) is 21.6. The summed E-state index contributed by atoms with van der Waals surface area (Å²) in [5.41, 5.74) is 6.29. The number of nitrogens with zero attached hydrogens (tertiary/aromatic N) is 3. The molecule has 0 aliphatic carbocycles. The molecule has 0 saturated carbocycles. The van der Waals surface area contributed by atoms with Crippen molar-refractivity contribution in [3.05, 3.63) is 84.2 Å². The maximum atomic E-state index is 13.1. The Morgan fingerprint density at radius 3 is 2.46 bits per heavy atom.